The Morgan fingerprint density at radius 1 is 1.58 bits per heavy atom. The molecule has 0 aliphatic heterocycles. The zero-order valence-electron chi connectivity index (χ0n) is 7.87. The first-order valence-corrected chi connectivity index (χ1v) is 3.95. The molecule has 0 amide bonds. The number of carboxylic acids is 1. The highest BCUT2D eigenvalue weighted by atomic mass is 16.4. The van der Waals surface area contributed by atoms with Gasteiger partial charge in [0, 0.05) is 6.08 Å². The second kappa shape index (κ2) is 4.10. The summed E-state index contributed by atoms with van der Waals surface area (Å²) < 4.78 is 0. The molecule has 0 bridgehead atoms. The molecular formula is C10H16O2. The minimum atomic E-state index is -0.903. The molecule has 1 unspecified atom stereocenters. The minimum absolute atomic E-state index is 0.139. The molecule has 12 heavy (non-hydrogen) atoms. The van der Waals surface area contributed by atoms with Gasteiger partial charge in [-0.05, 0) is 11.3 Å². The number of aliphatic carboxylic acids is 1. The highest BCUT2D eigenvalue weighted by Crippen LogP contribution is 2.28. The molecule has 0 aromatic carbocycles. The highest BCUT2D eigenvalue weighted by molar-refractivity contribution is 5.79. The summed E-state index contributed by atoms with van der Waals surface area (Å²) in [5, 5.41) is 8.42. The van der Waals surface area contributed by atoms with E-state index < -0.39 is 5.97 Å². The van der Waals surface area contributed by atoms with Crippen LogP contribution in [-0.2, 0) is 4.79 Å². The third-order valence-electron chi connectivity index (χ3n) is 2.18. The topological polar surface area (TPSA) is 37.3 Å². The smallest absolute Gasteiger partial charge is 0.327 e. The quantitative estimate of drug-likeness (QED) is 0.517. The Bertz CT molecular complexity index is 202. The van der Waals surface area contributed by atoms with Gasteiger partial charge in [-0.1, -0.05) is 32.9 Å². The van der Waals surface area contributed by atoms with E-state index in [-0.39, 0.29) is 11.3 Å². The molecule has 2 heteroatoms. The van der Waals surface area contributed by atoms with Crippen LogP contribution in [0.3, 0.4) is 0 Å². The number of hydrogen-bond acceptors (Lipinski definition) is 1. The van der Waals surface area contributed by atoms with Crippen LogP contribution < -0.4 is 0 Å². The number of carboxylic acid groups (broad SMARTS) is 1. The van der Waals surface area contributed by atoms with Gasteiger partial charge in [0.25, 0.3) is 0 Å². The second-order valence-corrected chi connectivity index (χ2v) is 3.52. The van der Waals surface area contributed by atoms with Crippen molar-refractivity contribution >= 4 is 5.97 Å². The lowest BCUT2D eigenvalue weighted by Gasteiger charge is -2.25. The molecule has 68 valence electrons. The number of rotatable bonds is 4. The molecule has 1 atom stereocenters. The van der Waals surface area contributed by atoms with Gasteiger partial charge in [-0.15, -0.1) is 6.58 Å². The lowest BCUT2D eigenvalue weighted by molar-refractivity contribution is -0.131. The zero-order valence-corrected chi connectivity index (χ0v) is 7.87. The maximum atomic E-state index is 10.2. The normalized spacial score (nSPS) is 14.6. The molecule has 0 heterocycles. The van der Waals surface area contributed by atoms with Gasteiger partial charge in [-0.2, -0.15) is 0 Å². The number of allylic oxidation sites excluding steroid dienone is 2. The van der Waals surface area contributed by atoms with E-state index in [1.54, 1.807) is 6.08 Å². The predicted octanol–water partition coefficient (Wildman–Crippen LogP) is 2.48. The van der Waals surface area contributed by atoms with Crippen molar-refractivity contribution in [2.75, 3.05) is 0 Å². The Kier molecular flexibility index (Phi) is 3.74. The van der Waals surface area contributed by atoms with E-state index in [1.165, 1.54) is 6.08 Å². The van der Waals surface area contributed by atoms with E-state index in [4.69, 9.17) is 5.11 Å². The summed E-state index contributed by atoms with van der Waals surface area (Å²) in [6.45, 7) is 9.66. The maximum absolute atomic E-state index is 10.2. The van der Waals surface area contributed by atoms with Gasteiger partial charge in [0.1, 0.15) is 0 Å². The average molecular weight is 168 g/mol. The van der Waals surface area contributed by atoms with Gasteiger partial charge in [-0.3, -0.25) is 0 Å². The minimum Gasteiger partial charge on any atom is -0.478 e. The van der Waals surface area contributed by atoms with Crippen molar-refractivity contribution < 1.29 is 9.90 Å². The lowest BCUT2D eigenvalue weighted by Crippen LogP contribution is -2.17. The summed E-state index contributed by atoms with van der Waals surface area (Å²) in [4.78, 5) is 10.2. The Hall–Kier alpha value is -1.05. The molecule has 0 saturated heterocycles. The number of carbonyl (C=O) groups is 1. The summed E-state index contributed by atoms with van der Waals surface area (Å²) >= 11 is 0. The molecule has 0 fully saturated rings. The average Bonchev–Trinajstić information content (AvgIpc) is 1.99. The number of hydrogen-bond donors (Lipinski definition) is 1. The van der Waals surface area contributed by atoms with Crippen molar-refractivity contribution in [2.45, 2.75) is 20.8 Å². The van der Waals surface area contributed by atoms with Crippen LogP contribution in [0, 0.1) is 11.3 Å². The van der Waals surface area contributed by atoms with Gasteiger partial charge in [0.2, 0.25) is 0 Å². The first-order valence-electron chi connectivity index (χ1n) is 3.95. The fourth-order valence-electron chi connectivity index (χ4n) is 0.742. The van der Waals surface area contributed by atoms with E-state index in [0.717, 1.165) is 0 Å². The molecule has 0 spiro atoms. The molecule has 0 aliphatic rings. The van der Waals surface area contributed by atoms with Crippen LogP contribution in [0.5, 0.6) is 0 Å². The summed E-state index contributed by atoms with van der Waals surface area (Å²) in [6.07, 6.45) is 4.70. The van der Waals surface area contributed by atoms with Crippen molar-refractivity contribution in [3.63, 3.8) is 0 Å². The summed E-state index contributed by atoms with van der Waals surface area (Å²) in [5.41, 5.74) is -0.139. The van der Waals surface area contributed by atoms with Gasteiger partial charge >= 0.3 is 5.97 Å². The second-order valence-electron chi connectivity index (χ2n) is 3.52. The lowest BCUT2D eigenvalue weighted by atomic mass is 9.80. The molecule has 0 rings (SSSR count). The molecule has 1 N–H and O–H groups in total. The third-order valence-corrected chi connectivity index (χ3v) is 2.18. The first-order chi connectivity index (χ1) is 5.40. The van der Waals surface area contributed by atoms with Gasteiger partial charge in [0.05, 0.1) is 0 Å². The maximum Gasteiger partial charge on any atom is 0.327 e. The van der Waals surface area contributed by atoms with Crippen LogP contribution in [-0.4, -0.2) is 11.1 Å². The summed E-state index contributed by atoms with van der Waals surface area (Å²) in [7, 11) is 0. The van der Waals surface area contributed by atoms with Crippen LogP contribution in [0.4, 0.5) is 0 Å². The molecule has 2 nitrogen and oxygen atoms in total. The molecule has 0 radical (unpaired) electrons. The molecule has 0 aliphatic carbocycles. The van der Waals surface area contributed by atoms with Crippen molar-refractivity contribution in [1.29, 1.82) is 0 Å². The van der Waals surface area contributed by atoms with Crippen molar-refractivity contribution in [2.24, 2.45) is 11.3 Å². The van der Waals surface area contributed by atoms with E-state index in [0.29, 0.717) is 0 Å². The SMILES string of the molecule is C=CC(C)C(C)(C)/C=C/C(=O)O. The zero-order chi connectivity index (χ0) is 9.78. The first kappa shape index (κ1) is 11.0. The van der Waals surface area contributed by atoms with E-state index in [1.807, 2.05) is 26.8 Å². The third kappa shape index (κ3) is 3.37. The van der Waals surface area contributed by atoms with Crippen LogP contribution in [0.25, 0.3) is 0 Å². The van der Waals surface area contributed by atoms with Crippen LogP contribution in [0.2, 0.25) is 0 Å². The van der Waals surface area contributed by atoms with Crippen LogP contribution >= 0.6 is 0 Å². The molecular weight excluding hydrogens is 152 g/mol. The van der Waals surface area contributed by atoms with Crippen LogP contribution in [0.1, 0.15) is 20.8 Å². The monoisotopic (exact) mass is 168 g/mol. The van der Waals surface area contributed by atoms with Gasteiger partial charge in [-0.25, -0.2) is 4.79 Å². The van der Waals surface area contributed by atoms with Gasteiger partial charge in [0.15, 0.2) is 0 Å². The highest BCUT2D eigenvalue weighted by Gasteiger charge is 2.19. The fraction of sp³-hybridized carbons (Fsp3) is 0.500. The molecule has 0 aromatic rings. The Morgan fingerprint density at radius 2 is 2.08 bits per heavy atom. The van der Waals surface area contributed by atoms with Crippen molar-refractivity contribution in [1.82, 2.24) is 0 Å². The van der Waals surface area contributed by atoms with Crippen LogP contribution in [0.15, 0.2) is 24.8 Å². The van der Waals surface area contributed by atoms with E-state index in [9.17, 15) is 4.79 Å². The molecule has 0 saturated carbocycles. The van der Waals surface area contributed by atoms with Crippen molar-refractivity contribution in [3.05, 3.63) is 24.8 Å². The predicted molar refractivity (Wildman–Crippen MR) is 49.9 cm³/mol. The Labute approximate surface area is 73.6 Å². The van der Waals surface area contributed by atoms with Crippen molar-refractivity contribution in [3.8, 4) is 0 Å². The van der Waals surface area contributed by atoms with Gasteiger partial charge < -0.3 is 5.11 Å². The Balaban J connectivity index is 4.40. The van der Waals surface area contributed by atoms with E-state index >= 15 is 0 Å². The Morgan fingerprint density at radius 3 is 2.42 bits per heavy atom. The standard InChI is InChI=1S/C10H16O2/c1-5-8(2)10(3,4)7-6-9(11)12/h5-8H,1H2,2-4H3,(H,11,12)/b7-6+. The summed E-state index contributed by atoms with van der Waals surface area (Å²) in [6, 6.07) is 0. The molecule has 0 aromatic heterocycles. The summed E-state index contributed by atoms with van der Waals surface area (Å²) in [5.74, 6) is -0.632. The largest absolute Gasteiger partial charge is 0.478 e. The van der Waals surface area contributed by atoms with E-state index in [2.05, 4.69) is 6.58 Å². The fourth-order valence-corrected chi connectivity index (χ4v) is 0.742.